The van der Waals surface area contributed by atoms with Crippen LogP contribution in [0.25, 0.3) is 98.4 Å². The summed E-state index contributed by atoms with van der Waals surface area (Å²) in [7, 11) is 0. The van der Waals surface area contributed by atoms with Crippen molar-refractivity contribution in [2.45, 2.75) is 0 Å². The highest BCUT2D eigenvalue weighted by Gasteiger charge is 2.18. The van der Waals surface area contributed by atoms with Gasteiger partial charge in [0, 0.05) is 33.4 Å². The van der Waals surface area contributed by atoms with Gasteiger partial charge in [0.25, 0.3) is 0 Å². The van der Waals surface area contributed by atoms with E-state index in [9.17, 15) is 0 Å². The first kappa shape index (κ1) is 34.1. The number of benzene rings is 11. The van der Waals surface area contributed by atoms with Gasteiger partial charge in [-0.05, 0) is 119 Å². The molecule has 0 fully saturated rings. The number of nitrogens with zero attached hydrogens (tertiary/aromatic N) is 1. The van der Waals surface area contributed by atoms with Crippen LogP contribution in [0.5, 0.6) is 0 Å². The molecule has 2 heteroatoms. The zero-order valence-corrected chi connectivity index (χ0v) is 32.7. The highest BCUT2D eigenvalue weighted by molar-refractivity contribution is 6.26. The maximum absolute atomic E-state index is 6.45. The largest absolute Gasteiger partial charge is 0.455 e. The van der Waals surface area contributed by atoms with Gasteiger partial charge in [-0.3, -0.25) is 0 Å². The molecule has 11 aromatic carbocycles. The number of furan rings is 1. The third kappa shape index (κ3) is 5.57. The van der Waals surface area contributed by atoms with Gasteiger partial charge in [-0.15, -0.1) is 0 Å². The van der Waals surface area contributed by atoms with Crippen LogP contribution in [0.15, 0.2) is 229 Å². The second kappa shape index (κ2) is 13.9. The molecule has 12 aromatic rings. The Hall–Kier alpha value is -7.94. The van der Waals surface area contributed by atoms with Gasteiger partial charge < -0.3 is 9.32 Å². The molecule has 60 heavy (non-hydrogen) atoms. The number of fused-ring (bicyclic) bond motifs is 10. The quantitative estimate of drug-likeness (QED) is 0.157. The third-order valence-corrected chi connectivity index (χ3v) is 12.2. The van der Waals surface area contributed by atoms with Crippen molar-refractivity contribution in [3.05, 3.63) is 224 Å². The first-order chi connectivity index (χ1) is 29.7. The molecule has 0 saturated heterocycles. The number of para-hydroxylation sites is 2. The summed E-state index contributed by atoms with van der Waals surface area (Å²) < 4.78 is 6.45. The molecule has 0 spiro atoms. The molecule has 2 nitrogen and oxygen atoms in total. The fraction of sp³-hybridized carbons (Fsp3) is 0. The van der Waals surface area contributed by atoms with Crippen molar-refractivity contribution in [2.75, 3.05) is 4.90 Å². The molecule has 0 saturated carbocycles. The van der Waals surface area contributed by atoms with Gasteiger partial charge >= 0.3 is 0 Å². The van der Waals surface area contributed by atoms with Crippen LogP contribution in [0.2, 0.25) is 0 Å². The molecular weight excluding hydrogens is 727 g/mol. The van der Waals surface area contributed by atoms with Crippen molar-refractivity contribution in [3.8, 4) is 33.4 Å². The average molecular weight is 764 g/mol. The fourth-order valence-corrected chi connectivity index (χ4v) is 9.39. The second-order valence-electron chi connectivity index (χ2n) is 15.6. The van der Waals surface area contributed by atoms with Crippen LogP contribution in [0, 0.1) is 0 Å². The summed E-state index contributed by atoms with van der Waals surface area (Å²) in [5.74, 6) is 0. The average Bonchev–Trinajstić information content (AvgIpc) is 3.71. The van der Waals surface area contributed by atoms with Gasteiger partial charge in [0.2, 0.25) is 0 Å². The molecule has 0 radical (unpaired) electrons. The van der Waals surface area contributed by atoms with Gasteiger partial charge in [-0.2, -0.15) is 0 Å². The summed E-state index contributed by atoms with van der Waals surface area (Å²) in [5.41, 5.74) is 12.1. The van der Waals surface area contributed by atoms with Crippen LogP contribution in [0.4, 0.5) is 17.1 Å². The standard InChI is InChI=1S/C58H37NO/c1-2-16-46-39(12-1)13-10-22-47(46)42-15-9-14-41(36-42)38-26-30-43(31-27-38)59(45-34-35-53-51-19-4-3-17-49(51)50-18-5-6-20-52(50)56(53)37-45)44-32-28-40(29-33-44)48-23-11-24-55-54-21-7-8-25-57(54)60-58(48)55/h1-37H. The molecule has 0 atom stereocenters. The lowest BCUT2D eigenvalue weighted by molar-refractivity contribution is 0.670. The summed E-state index contributed by atoms with van der Waals surface area (Å²) in [6.45, 7) is 0. The summed E-state index contributed by atoms with van der Waals surface area (Å²) in [4.78, 5) is 2.38. The van der Waals surface area contributed by atoms with E-state index in [1.165, 1.54) is 65.3 Å². The van der Waals surface area contributed by atoms with Crippen molar-refractivity contribution in [1.29, 1.82) is 0 Å². The highest BCUT2D eigenvalue weighted by atomic mass is 16.3. The van der Waals surface area contributed by atoms with Crippen molar-refractivity contribution < 1.29 is 4.42 Å². The molecule has 0 aliphatic rings. The lowest BCUT2D eigenvalue weighted by Crippen LogP contribution is -2.10. The Bertz CT molecular complexity index is 3560. The minimum absolute atomic E-state index is 0.906. The SMILES string of the molecule is c1cc(-c2ccc(N(c3ccc(-c4cccc5c4oc4ccccc45)cc3)c3ccc4c5ccccc5c5ccccc5c4c3)cc2)cc(-c2cccc3ccccc23)c1. The van der Waals surface area contributed by atoms with Crippen LogP contribution >= 0.6 is 0 Å². The van der Waals surface area contributed by atoms with Crippen molar-refractivity contribution in [2.24, 2.45) is 0 Å². The van der Waals surface area contributed by atoms with E-state index in [0.717, 1.165) is 50.1 Å². The van der Waals surface area contributed by atoms with Crippen LogP contribution in [-0.2, 0) is 0 Å². The Labute approximate surface area is 347 Å². The van der Waals surface area contributed by atoms with E-state index in [1.807, 2.05) is 12.1 Å². The zero-order valence-electron chi connectivity index (χ0n) is 32.7. The lowest BCUT2D eigenvalue weighted by Gasteiger charge is -2.27. The first-order valence-electron chi connectivity index (χ1n) is 20.6. The lowest BCUT2D eigenvalue weighted by atomic mass is 9.94. The maximum Gasteiger partial charge on any atom is 0.143 e. The molecule has 1 aromatic heterocycles. The minimum Gasteiger partial charge on any atom is -0.455 e. The molecule has 0 aliphatic carbocycles. The number of anilines is 3. The van der Waals surface area contributed by atoms with E-state index < -0.39 is 0 Å². The van der Waals surface area contributed by atoms with Gasteiger partial charge in [0.1, 0.15) is 11.2 Å². The van der Waals surface area contributed by atoms with E-state index in [0.29, 0.717) is 0 Å². The molecule has 280 valence electrons. The van der Waals surface area contributed by atoms with Crippen LogP contribution in [-0.4, -0.2) is 0 Å². The van der Waals surface area contributed by atoms with Gasteiger partial charge in [0.05, 0.1) is 0 Å². The molecule has 0 bridgehead atoms. The van der Waals surface area contributed by atoms with E-state index in [4.69, 9.17) is 4.42 Å². The Balaban J connectivity index is 0.988. The van der Waals surface area contributed by atoms with Crippen molar-refractivity contribution >= 4 is 82.1 Å². The molecule has 1 heterocycles. The third-order valence-electron chi connectivity index (χ3n) is 12.2. The zero-order chi connectivity index (χ0) is 39.6. The second-order valence-corrected chi connectivity index (χ2v) is 15.6. The Morgan fingerprint density at radius 2 is 0.767 bits per heavy atom. The van der Waals surface area contributed by atoms with Crippen LogP contribution in [0.3, 0.4) is 0 Å². The van der Waals surface area contributed by atoms with E-state index in [2.05, 4.69) is 217 Å². The summed E-state index contributed by atoms with van der Waals surface area (Å²) in [6, 6.07) is 81.2. The Morgan fingerprint density at radius 1 is 0.267 bits per heavy atom. The first-order valence-corrected chi connectivity index (χ1v) is 20.6. The van der Waals surface area contributed by atoms with Gasteiger partial charge in [-0.25, -0.2) is 0 Å². The molecule has 12 rings (SSSR count). The van der Waals surface area contributed by atoms with Gasteiger partial charge in [-0.1, -0.05) is 176 Å². The molecule has 0 N–H and O–H groups in total. The highest BCUT2D eigenvalue weighted by Crippen LogP contribution is 2.43. The summed E-state index contributed by atoms with van der Waals surface area (Å²) in [5, 5.41) is 12.3. The van der Waals surface area contributed by atoms with Crippen molar-refractivity contribution in [3.63, 3.8) is 0 Å². The summed E-state index contributed by atoms with van der Waals surface area (Å²) in [6.07, 6.45) is 0. The Morgan fingerprint density at radius 3 is 1.50 bits per heavy atom. The molecule has 0 unspecified atom stereocenters. The summed E-state index contributed by atoms with van der Waals surface area (Å²) >= 11 is 0. The normalized spacial score (nSPS) is 11.7. The topological polar surface area (TPSA) is 16.4 Å². The Kier molecular flexibility index (Phi) is 7.89. The smallest absolute Gasteiger partial charge is 0.143 e. The molecular formula is C58H37NO. The van der Waals surface area contributed by atoms with Gasteiger partial charge in [0.15, 0.2) is 0 Å². The predicted molar refractivity (Wildman–Crippen MR) is 255 cm³/mol. The van der Waals surface area contributed by atoms with E-state index >= 15 is 0 Å². The predicted octanol–water partition coefficient (Wildman–Crippen LogP) is 16.7. The maximum atomic E-state index is 6.45. The monoisotopic (exact) mass is 763 g/mol. The van der Waals surface area contributed by atoms with Crippen molar-refractivity contribution in [1.82, 2.24) is 0 Å². The molecule has 0 amide bonds. The number of hydrogen-bond donors (Lipinski definition) is 0. The van der Waals surface area contributed by atoms with Crippen LogP contribution < -0.4 is 4.90 Å². The minimum atomic E-state index is 0.906. The number of hydrogen-bond acceptors (Lipinski definition) is 2. The van der Waals surface area contributed by atoms with E-state index in [1.54, 1.807) is 0 Å². The molecule has 0 aliphatic heterocycles. The fourth-order valence-electron chi connectivity index (χ4n) is 9.39. The van der Waals surface area contributed by atoms with Crippen LogP contribution in [0.1, 0.15) is 0 Å². The van der Waals surface area contributed by atoms with E-state index in [-0.39, 0.29) is 0 Å². The number of rotatable bonds is 6.